The zero-order valence-electron chi connectivity index (χ0n) is 16.2. The molecule has 0 saturated heterocycles. The fraction of sp³-hybridized carbons (Fsp3) is 0.273. The predicted molar refractivity (Wildman–Crippen MR) is 107 cm³/mol. The quantitative estimate of drug-likeness (QED) is 0.629. The van der Waals surface area contributed by atoms with Gasteiger partial charge in [-0.25, -0.2) is 9.97 Å². The zero-order valence-corrected chi connectivity index (χ0v) is 16.2. The van der Waals surface area contributed by atoms with Crippen molar-refractivity contribution in [2.75, 3.05) is 13.3 Å². The van der Waals surface area contributed by atoms with Crippen molar-refractivity contribution in [3.05, 3.63) is 72.1 Å². The summed E-state index contributed by atoms with van der Waals surface area (Å²) in [5.74, 6) is 2.20. The largest absolute Gasteiger partial charge is 0.454 e. The Morgan fingerprint density at radius 2 is 1.76 bits per heavy atom. The second kappa shape index (κ2) is 8.89. The molecule has 0 saturated carbocycles. The summed E-state index contributed by atoms with van der Waals surface area (Å²) in [7, 11) is 0. The number of ether oxygens (including phenoxy) is 3. The third-order valence-corrected chi connectivity index (χ3v) is 4.42. The first-order valence-electron chi connectivity index (χ1n) is 9.48. The Hall–Kier alpha value is -3.16. The van der Waals surface area contributed by atoms with E-state index in [1.54, 1.807) is 25.4 Å². The van der Waals surface area contributed by atoms with Gasteiger partial charge in [-0.1, -0.05) is 18.2 Å². The molecule has 150 valence electrons. The molecule has 7 heteroatoms. The van der Waals surface area contributed by atoms with Crippen molar-refractivity contribution in [2.24, 2.45) is 0 Å². The molecule has 1 aliphatic rings. The van der Waals surface area contributed by atoms with Gasteiger partial charge in [0.1, 0.15) is 5.75 Å². The number of rotatable bonds is 8. The summed E-state index contributed by atoms with van der Waals surface area (Å²) in [6.45, 7) is 3.93. The van der Waals surface area contributed by atoms with Crippen LogP contribution in [-0.2, 0) is 13.1 Å². The van der Waals surface area contributed by atoms with Gasteiger partial charge in [-0.05, 0) is 48.4 Å². The van der Waals surface area contributed by atoms with Crippen molar-refractivity contribution >= 4 is 0 Å². The van der Waals surface area contributed by atoms with Crippen LogP contribution in [0.4, 0.5) is 0 Å². The van der Waals surface area contributed by atoms with Gasteiger partial charge >= 0.3 is 6.01 Å². The van der Waals surface area contributed by atoms with Crippen LogP contribution < -0.4 is 14.2 Å². The number of fused-ring (bicyclic) bond motifs is 1. The van der Waals surface area contributed by atoms with E-state index in [4.69, 9.17) is 14.2 Å². The molecule has 4 rings (SSSR count). The Morgan fingerprint density at radius 3 is 2.55 bits per heavy atom. The summed E-state index contributed by atoms with van der Waals surface area (Å²) in [5, 5.41) is 9.96. The van der Waals surface area contributed by atoms with Crippen molar-refractivity contribution in [3.8, 4) is 23.3 Å². The van der Waals surface area contributed by atoms with Crippen LogP contribution in [0.1, 0.15) is 18.1 Å². The predicted octanol–water partition coefficient (Wildman–Crippen LogP) is 3.38. The van der Waals surface area contributed by atoms with Crippen LogP contribution in [0.2, 0.25) is 0 Å². The molecule has 2 heterocycles. The fourth-order valence-corrected chi connectivity index (χ4v) is 3.27. The second-order valence-corrected chi connectivity index (χ2v) is 6.99. The molecule has 0 aliphatic carbocycles. The molecule has 1 aliphatic heterocycles. The first kappa shape index (κ1) is 19.2. The van der Waals surface area contributed by atoms with E-state index >= 15 is 0 Å². The third-order valence-electron chi connectivity index (χ3n) is 4.42. The van der Waals surface area contributed by atoms with Crippen molar-refractivity contribution in [2.45, 2.75) is 26.1 Å². The summed E-state index contributed by atoms with van der Waals surface area (Å²) in [6, 6.07) is 15.8. The maximum atomic E-state index is 9.96. The normalized spacial score (nSPS) is 13.5. The molecule has 1 atom stereocenters. The molecular weight excluding hydrogens is 370 g/mol. The van der Waals surface area contributed by atoms with Gasteiger partial charge in [0, 0.05) is 32.0 Å². The molecule has 2 aromatic carbocycles. The Kier molecular flexibility index (Phi) is 5.88. The molecule has 1 aromatic heterocycles. The Bertz CT molecular complexity index is 950. The second-order valence-electron chi connectivity index (χ2n) is 6.99. The Morgan fingerprint density at radius 1 is 1.00 bits per heavy atom. The molecule has 0 spiro atoms. The van der Waals surface area contributed by atoms with Gasteiger partial charge in [-0.15, -0.1) is 0 Å². The van der Waals surface area contributed by atoms with Crippen LogP contribution in [0.25, 0.3) is 0 Å². The van der Waals surface area contributed by atoms with E-state index in [0.717, 1.165) is 22.6 Å². The summed E-state index contributed by atoms with van der Waals surface area (Å²) in [5.41, 5.74) is 2.17. The number of nitrogens with zero attached hydrogens (tertiary/aromatic N) is 3. The van der Waals surface area contributed by atoms with Gasteiger partial charge in [0.15, 0.2) is 11.5 Å². The lowest BCUT2D eigenvalue weighted by Gasteiger charge is -2.24. The molecular formula is C22H23N3O4. The molecule has 0 radical (unpaired) electrons. The number of benzene rings is 2. The SMILES string of the molecule is CC(O)CN(Cc1cccc(Oc2ncccn2)c1)Cc1ccc2c(c1)OCO2. The van der Waals surface area contributed by atoms with Crippen molar-refractivity contribution in [3.63, 3.8) is 0 Å². The topological polar surface area (TPSA) is 76.9 Å². The maximum Gasteiger partial charge on any atom is 0.321 e. The molecule has 0 amide bonds. The van der Waals surface area contributed by atoms with Crippen molar-refractivity contribution < 1.29 is 19.3 Å². The standard InChI is InChI=1S/C22H23N3O4/c1-16(26)12-25(14-18-6-7-20-21(11-18)28-15-27-20)13-17-4-2-5-19(10-17)29-22-23-8-3-9-24-22/h2-11,16,26H,12-15H2,1H3. The van der Waals surface area contributed by atoms with Gasteiger partial charge in [-0.2, -0.15) is 0 Å². The molecule has 29 heavy (non-hydrogen) atoms. The molecule has 0 fully saturated rings. The number of aromatic nitrogens is 2. The minimum absolute atomic E-state index is 0.258. The highest BCUT2D eigenvalue weighted by molar-refractivity contribution is 5.44. The van der Waals surface area contributed by atoms with E-state index in [1.165, 1.54) is 0 Å². The van der Waals surface area contributed by atoms with Gasteiger partial charge in [0.25, 0.3) is 0 Å². The van der Waals surface area contributed by atoms with Crippen LogP contribution in [0, 0.1) is 0 Å². The van der Waals surface area contributed by atoms with Gasteiger partial charge in [0.2, 0.25) is 6.79 Å². The zero-order chi connectivity index (χ0) is 20.1. The first-order chi connectivity index (χ1) is 14.2. The van der Waals surface area contributed by atoms with E-state index in [-0.39, 0.29) is 6.79 Å². The van der Waals surface area contributed by atoms with Gasteiger partial charge in [-0.3, -0.25) is 4.90 Å². The number of aliphatic hydroxyl groups excluding tert-OH is 1. The average molecular weight is 393 g/mol. The summed E-state index contributed by atoms with van der Waals surface area (Å²) in [6.07, 6.45) is 2.84. The van der Waals surface area contributed by atoms with Crippen LogP contribution in [-0.4, -0.2) is 39.4 Å². The monoisotopic (exact) mass is 393 g/mol. The van der Waals surface area contributed by atoms with Crippen LogP contribution in [0.15, 0.2) is 60.9 Å². The molecule has 1 N–H and O–H groups in total. The summed E-state index contributed by atoms with van der Waals surface area (Å²) >= 11 is 0. The van der Waals surface area contributed by atoms with Crippen LogP contribution in [0.5, 0.6) is 23.3 Å². The minimum Gasteiger partial charge on any atom is -0.454 e. The van der Waals surface area contributed by atoms with E-state index in [9.17, 15) is 5.11 Å². The number of hydrogen-bond donors (Lipinski definition) is 1. The first-order valence-corrected chi connectivity index (χ1v) is 9.48. The van der Waals surface area contributed by atoms with Gasteiger partial charge < -0.3 is 19.3 Å². The lowest BCUT2D eigenvalue weighted by atomic mass is 10.1. The van der Waals surface area contributed by atoms with Crippen molar-refractivity contribution in [1.82, 2.24) is 14.9 Å². The Labute approximate surface area is 169 Å². The molecule has 3 aromatic rings. The highest BCUT2D eigenvalue weighted by Gasteiger charge is 2.16. The molecule has 7 nitrogen and oxygen atoms in total. The summed E-state index contributed by atoms with van der Waals surface area (Å²) in [4.78, 5) is 10.4. The van der Waals surface area contributed by atoms with Gasteiger partial charge in [0.05, 0.1) is 6.10 Å². The molecule has 0 bridgehead atoms. The minimum atomic E-state index is -0.443. The maximum absolute atomic E-state index is 9.96. The smallest absolute Gasteiger partial charge is 0.321 e. The number of aliphatic hydroxyl groups is 1. The van der Waals surface area contributed by atoms with Crippen molar-refractivity contribution in [1.29, 1.82) is 0 Å². The van der Waals surface area contributed by atoms with Crippen LogP contribution in [0.3, 0.4) is 0 Å². The van der Waals surface area contributed by atoms with Crippen LogP contribution >= 0.6 is 0 Å². The highest BCUT2D eigenvalue weighted by Crippen LogP contribution is 2.33. The average Bonchev–Trinajstić information content (AvgIpc) is 3.16. The van der Waals surface area contributed by atoms with E-state index in [1.807, 2.05) is 42.5 Å². The Balaban J connectivity index is 1.47. The lowest BCUT2D eigenvalue weighted by molar-refractivity contribution is 0.118. The lowest BCUT2D eigenvalue weighted by Crippen LogP contribution is -2.30. The van der Waals surface area contributed by atoms with E-state index in [2.05, 4.69) is 14.9 Å². The summed E-state index contributed by atoms with van der Waals surface area (Å²) < 4.78 is 16.6. The highest BCUT2D eigenvalue weighted by atomic mass is 16.7. The van der Waals surface area contributed by atoms with E-state index in [0.29, 0.717) is 31.4 Å². The fourth-order valence-electron chi connectivity index (χ4n) is 3.27. The number of hydrogen-bond acceptors (Lipinski definition) is 7. The van der Waals surface area contributed by atoms with E-state index < -0.39 is 6.10 Å². The molecule has 1 unspecified atom stereocenters. The third kappa shape index (κ3) is 5.22.